The second-order valence-corrected chi connectivity index (χ2v) is 3.01. The van der Waals surface area contributed by atoms with Crippen LogP contribution in [0.2, 0.25) is 0 Å². The topological polar surface area (TPSA) is 62.9 Å². The van der Waals surface area contributed by atoms with Crippen molar-refractivity contribution < 1.29 is 0 Å². The second-order valence-electron chi connectivity index (χ2n) is 3.01. The maximum atomic E-state index is 8.30. The summed E-state index contributed by atoms with van der Waals surface area (Å²) in [4.78, 5) is 2.32. The highest BCUT2D eigenvalue weighted by Gasteiger charge is 2.07. The summed E-state index contributed by atoms with van der Waals surface area (Å²) in [5.74, 6) is 0. The number of nitrogens with zero attached hydrogens (tertiary/aromatic N) is 3. The summed E-state index contributed by atoms with van der Waals surface area (Å²) in [5, 5.41) is 19.2. The van der Waals surface area contributed by atoms with Gasteiger partial charge in [-0.15, -0.1) is 0 Å². The third kappa shape index (κ3) is 7.54. The fraction of sp³-hybridized carbons (Fsp3) is 0.800. The fourth-order valence-corrected chi connectivity index (χ4v) is 1.14. The molecule has 1 fully saturated rings. The molecule has 1 N–H and O–H groups in total. The molecule has 1 heterocycles. The van der Waals surface area contributed by atoms with Crippen molar-refractivity contribution in [2.75, 3.05) is 32.7 Å². The first-order valence-electron chi connectivity index (χ1n) is 5.02. The number of rotatable bonds is 2. The van der Waals surface area contributed by atoms with Crippen LogP contribution in [0, 0.1) is 22.7 Å². The average Bonchev–Trinajstić information content (AvgIpc) is 2.28. The van der Waals surface area contributed by atoms with E-state index >= 15 is 0 Å². The molecule has 14 heavy (non-hydrogen) atoms. The van der Waals surface area contributed by atoms with E-state index in [1.54, 1.807) is 0 Å². The van der Waals surface area contributed by atoms with Gasteiger partial charge < -0.3 is 5.32 Å². The maximum Gasteiger partial charge on any atom is 0.0635 e. The Kier molecular flexibility index (Phi) is 9.20. The number of nitrogens with one attached hydrogen (secondary N) is 1. The van der Waals surface area contributed by atoms with Gasteiger partial charge in [-0.05, 0) is 0 Å². The average molecular weight is 194 g/mol. The third-order valence-electron chi connectivity index (χ3n) is 1.91. The first kappa shape index (κ1) is 12.9. The fourth-order valence-electron chi connectivity index (χ4n) is 1.14. The molecular weight excluding hydrogens is 176 g/mol. The second kappa shape index (κ2) is 9.98. The van der Waals surface area contributed by atoms with Crippen molar-refractivity contribution in [1.29, 1.82) is 10.5 Å². The lowest BCUT2D eigenvalue weighted by Gasteiger charge is -2.25. The summed E-state index contributed by atoms with van der Waals surface area (Å²) in [6, 6.07) is 4.08. The van der Waals surface area contributed by atoms with E-state index in [-0.39, 0.29) is 0 Å². The Morgan fingerprint density at radius 3 is 2.21 bits per heavy atom. The lowest BCUT2D eigenvalue weighted by atomic mass is 10.3. The van der Waals surface area contributed by atoms with Crippen LogP contribution < -0.4 is 5.32 Å². The highest BCUT2D eigenvalue weighted by molar-refractivity contribution is 4.74. The zero-order valence-electron chi connectivity index (χ0n) is 8.79. The van der Waals surface area contributed by atoms with E-state index < -0.39 is 0 Å². The van der Waals surface area contributed by atoms with Crippen molar-refractivity contribution in [2.24, 2.45) is 0 Å². The molecule has 1 aliphatic heterocycles. The van der Waals surface area contributed by atoms with Gasteiger partial charge >= 0.3 is 0 Å². The molecule has 0 saturated carbocycles. The maximum absolute atomic E-state index is 8.30. The Balaban J connectivity index is 0.000000364. The van der Waals surface area contributed by atoms with Crippen molar-refractivity contribution in [3.63, 3.8) is 0 Å². The lowest BCUT2D eigenvalue weighted by molar-refractivity contribution is 0.246. The van der Waals surface area contributed by atoms with Gasteiger partial charge in [0.05, 0.1) is 12.1 Å². The minimum absolute atomic E-state index is 0.625. The van der Waals surface area contributed by atoms with Gasteiger partial charge in [-0.3, -0.25) is 4.90 Å². The summed E-state index contributed by atoms with van der Waals surface area (Å²) < 4.78 is 0. The van der Waals surface area contributed by atoms with Gasteiger partial charge in [0.15, 0.2) is 0 Å². The Bertz CT molecular complexity index is 195. The lowest BCUT2D eigenvalue weighted by Crippen LogP contribution is -2.43. The van der Waals surface area contributed by atoms with E-state index in [0.29, 0.717) is 12.8 Å². The molecule has 0 unspecified atom stereocenters. The molecule has 1 saturated heterocycles. The monoisotopic (exact) mass is 194 g/mol. The Labute approximate surface area is 86.1 Å². The molecule has 4 nitrogen and oxygen atoms in total. The highest BCUT2D eigenvalue weighted by Crippen LogP contribution is 1.92. The van der Waals surface area contributed by atoms with Crippen molar-refractivity contribution in [1.82, 2.24) is 10.2 Å². The van der Waals surface area contributed by atoms with E-state index in [9.17, 15) is 0 Å². The molecule has 0 aromatic rings. The standard InChI is InChI=1S/C7H13N3.C3H5N/c8-2-1-5-10-6-3-9-4-7-10;1-2-3-4/h9H,1,3-7H2;2H2,1H3. The molecule has 1 aliphatic rings. The van der Waals surface area contributed by atoms with Crippen LogP contribution in [-0.2, 0) is 0 Å². The van der Waals surface area contributed by atoms with Gasteiger partial charge in [-0.1, -0.05) is 6.92 Å². The minimum atomic E-state index is 0.625. The van der Waals surface area contributed by atoms with Crippen LogP contribution in [-0.4, -0.2) is 37.6 Å². The normalized spacial score (nSPS) is 15.9. The summed E-state index contributed by atoms with van der Waals surface area (Å²) >= 11 is 0. The summed E-state index contributed by atoms with van der Waals surface area (Å²) in [6.45, 7) is 7.11. The Morgan fingerprint density at radius 2 is 1.79 bits per heavy atom. The van der Waals surface area contributed by atoms with Crippen molar-refractivity contribution >= 4 is 0 Å². The van der Waals surface area contributed by atoms with Crippen LogP contribution in [0.3, 0.4) is 0 Å². The van der Waals surface area contributed by atoms with Crippen molar-refractivity contribution in [2.45, 2.75) is 19.8 Å². The van der Waals surface area contributed by atoms with Crippen LogP contribution in [0.4, 0.5) is 0 Å². The highest BCUT2D eigenvalue weighted by atomic mass is 15.2. The molecule has 78 valence electrons. The Hall–Kier alpha value is -1.10. The van der Waals surface area contributed by atoms with E-state index in [1.165, 1.54) is 0 Å². The van der Waals surface area contributed by atoms with Crippen LogP contribution in [0.15, 0.2) is 0 Å². The molecule has 0 aromatic carbocycles. The molecule has 0 aromatic heterocycles. The zero-order chi connectivity index (χ0) is 10.6. The van der Waals surface area contributed by atoms with Gasteiger partial charge in [-0.2, -0.15) is 10.5 Å². The number of nitriles is 2. The molecule has 0 radical (unpaired) electrons. The van der Waals surface area contributed by atoms with Gasteiger partial charge in [-0.25, -0.2) is 0 Å². The molecule has 0 spiro atoms. The van der Waals surface area contributed by atoms with Crippen molar-refractivity contribution in [3.05, 3.63) is 0 Å². The molecule has 0 amide bonds. The molecular formula is C10H18N4. The van der Waals surface area contributed by atoms with Crippen molar-refractivity contribution in [3.8, 4) is 12.1 Å². The zero-order valence-corrected chi connectivity index (χ0v) is 8.79. The smallest absolute Gasteiger partial charge is 0.0635 e. The van der Waals surface area contributed by atoms with E-state index in [2.05, 4.69) is 16.3 Å². The summed E-state index contributed by atoms with van der Waals surface area (Å²) in [5.41, 5.74) is 0. The quantitative estimate of drug-likeness (QED) is 0.703. The summed E-state index contributed by atoms with van der Waals surface area (Å²) in [6.07, 6.45) is 1.29. The van der Waals surface area contributed by atoms with Crippen LogP contribution >= 0.6 is 0 Å². The van der Waals surface area contributed by atoms with Crippen LogP contribution in [0.25, 0.3) is 0 Å². The SMILES string of the molecule is CCC#N.N#CCCN1CCNCC1. The van der Waals surface area contributed by atoms with Gasteiger partial charge in [0.25, 0.3) is 0 Å². The number of hydrogen-bond donors (Lipinski definition) is 1. The van der Waals surface area contributed by atoms with Gasteiger partial charge in [0, 0.05) is 45.6 Å². The predicted octanol–water partition coefficient (Wildman–Crippen LogP) is 0.725. The molecule has 4 heteroatoms. The molecule has 0 aliphatic carbocycles. The van der Waals surface area contributed by atoms with Gasteiger partial charge in [0.1, 0.15) is 0 Å². The largest absolute Gasteiger partial charge is 0.314 e. The first-order valence-corrected chi connectivity index (χ1v) is 5.02. The van der Waals surface area contributed by atoms with Crippen LogP contribution in [0.1, 0.15) is 19.8 Å². The van der Waals surface area contributed by atoms with Crippen LogP contribution in [0.5, 0.6) is 0 Å². The number of hydrogen-bond acceptors (Lipinski definition) is 4. The molecule has 0 atom stereocenters. The minimum Gasteiger partial charge on any atom is -0.314 e. The van der Waals surface area contributed by atoms with E-state index in [1.807, 2.05) is 13.0 Å². The molecule has 1 rings (SSSR count). The number of piperazine rings is 1. The van der Waals surface area contributed by atoms with E-state index in [4.69, 9.17) is 10.5 Å². The Morgan fingerprint density at radius 1 is 1.21 bits per heavy atom. The predicted molar refractivity (Wildman–Crippen MR) is 55.4 cm³/mol. The first-order chi connectivity index (χ1) is 6.85. The van der Waals surface area contributed by atoms with E-state index in [0.717, 1.165) is 32.7 Å². The van der Waals surface area contributed by atoms with Gasteiger partial charge in [0.2, 0.25) is 0 Å². The summed E-state index contributed by atoms with van der Waals surface area (Å²) in [7, 11) is 0. The third-order valence-corrected chi connectivity index (χ3v) is 1.91. The molecule has 0 bridgehead atoms.